The molecule has 0 unspecified atom stereocenters. The van der Waals surface area contributed by atoms with Crippen molar-refractivity contribution in [3.63, 3.8) is 0 Å². The van der Waals surface area contributed by atoms with E-state index in [4.69, 9.17) is 4.74 Å². The van der Waals surface area contributed by atoms with Crippen LogP contribution >= 0.6 is 0 Å². The van der Waals surface area contributed by atoms with Crippen molar-refractivity contribution in [2.24, 2.45) is 17.8 Å². The van der Waals surface area contributed by atoms with E-state index in [-0.39, 0.29) is 17.8 Å². The number of piperidine rings is 1. The van der Waals surface area contributed by atoms with Gasteiger partial charge in [0.05, 0.1) is 0 Å². The van der Waals surface area contributed by atoms with Gasteiger partial charge in [0.25, 0.3) is 0 Å². The fraction of sp³-hybridized carbons (Fsp3) is 0.792. The van der Waals surface area contributed by atoms with Crippen LogP contribution in [0.5, 0.6) is 0 Å². The Morgan fingerprint density at radius 3 is 2.61 bits per heavy atom. The van der Waals surface area contributed by atoms with Crippen molar-refractivity contribution < 1.29 is 19.4 Å². The number of tetrazole rings is 1. The topological polar surface area (TPSA) is 121 Å². The van der Waals surface area contributed by atoms with E-state index >= 15 is 0 Å². The summed E-state index contributed by atoms with van der Waals surface area (Å²) in [5, 5.41) is 24.6. The van der Waals surface area contributed by atoms with Gasteiger partial charge < -0.3 is 9.84 Å². The van der Waals surface area contributed by atoms with E-state index in [9.17, 15) is 14.7 Å². The molecule has 9 heteroatoms. The number of nitrogens with zero attached hydrogens (tertiary/aromatic N) is 4. The van der Waals surface area contributed by atoms with Crippen LogP contribution in [0, 0.1) is 17.8 Å². The van der Waals surface area contributed by atoms with Gasteiger partial charge in [0, 0.05) is 13.0 Å². The summed E-state index contributed by atoms with van der Waals surface area (Å²) >= 11 is 0. The zero-order valence-corrected chi connectivity index (χ0v) is 20.6. The number of nitrogens with one attached hydrogen (secondary N) is 1. The monoisotopic (exact) mass is 461 g/mol. The van der Waals surface area contributed by atoms with Gasteiger partial charge in [0.1, 0.15) is 11.1 Å². The number of hydrogen-bond donors (Lipinski definition) is 2. The molecule has 3 rings (SSSR count). The molecule has 33 heavy (non-hydrogen) atoms. The van der Waals surface area contributed by atoms with Crippen LogP contribution in [0.3, 0.4) is 0 Å². The third-order valence-corrected chi connectivity index (χ3v) is 7.32. The highest BCUT2D eigenvalue weighted by Crippen LogP contribution is 2.47. The number of fused-ring (bicyclic) bond motifs is 1. The minimum atomic E-state index is -1.24. The Kier molecular flexibility index (Phi) is 7.80. The number of carbonyl (C=O) groups excluding carboxylic acids is 1. The SMILES string of the molecule is CCC(CC)C[C@@]1(C(=O)O)C[C@H]2CC(=CCc3nn[nH]n3)CC[C@H]2CN1C(=O)OC(C)(C)C. The Morgan fingerprint density at radius 2 is 2.03 bits per heavy atom. The maximum absolute atomic E-state index is 13.3. The lowest BCUT2D eigenvalue weighted by Crippen LogP contribution is -2.64. The summed E-state index contributed by atoms with van der Waals surface area (Å²) in [6.07, 6.45) is 7.68. The predicted molar refractivity (Wildman–Crippen MR) is 123 cm³/mol. The number of rotatable bonds is 7. The highest BCUT2D eigenvalue weighted by molar-refractivity contribution is 5.85. The lowest BCUT2D eigenvalue weighted by molar-refractivity contribution is -0.159. The smallest absolute Gasteiger partial charge is 0.411 e. The molecule has 1 aliphatic heterocycles. The zero-order valence-electron chi connectivity index (χ0n) is 20.6. The number of aromatic nitrogens is 4. The zero-order chi connectivity index (χ0) is 24.2. The molecule has 3 atom stereocenters. The second-order valence-corrected chi connectivity index (χ2v) is 10.7. The van der Waals surface area contributed by atoms with E-state index < -0.39 is 23.2 Å². The Hall–Kier alpha value is -2.45. The van der Waals surface area contributed by atoms with Gasteiger partial charge in [-0.3, -0.25) is 4.90 Å². The summed E-state index contributed by atoms with van der Waals surface area (Å²) in [7, 11) is 0. The molecule has 1 aliphatic carbocycles. The molecule has 0 radical (unpaired) electrons. The van der Waals surface area contributed by atoms with Crippen LogP contribution in [0.15, 0.2) is 11.6 Å². The average Bonchev–Trinajstić information content (AvgIpc) is 3.27. The molecule has 2 aliphatic rings. The summed E-state index contributed by atoms with van der Waals surface area (Å²) in [5.41, 5.74) is -0.602. The predicted octanol–water partition coefficient (Wildman–Crippen LogP) is 4.38. The largest absolute Gasteiger partial charge is 0.479 e. The van der Waals surface area contributed by atoms with Gasteiger partial charge in [0.2, 0.25) is 0 Å². The van der Waals surface area contributed by atoms with E-state index in [1.165, 1.54) is 5.57 Å². The number of aliphatic carboxylic acids is 1. The number of allylic oxidation sites excluding steroid dienone is 2. The van der Waals surface area contributed by atoms with Gasteiger partial charge in [-0.15, -0.1) is 10.2 Å². The molecule has 1 saturated carbocycles. The lowest BCUT2D eigenvalue weighted by atomic mass is 9.65. The van der Waals surface area contributed by atoms with E-state index in [0.29, 0.717) is 31.6 Å². The van der Waals surface area contributed by atoms with Crippen LogP contribution in [0.2, 0.25) is 0 Å². The molecule has 1 amide bonds. The average molecular weight is 462 g/mol. The third-order valence-electron chi connectivity index (χ3n) is 7.32. The van der Waals surface area contributed by atoms with Gasteiger partial charge in [-0.25, -0.2) is 9.59 Å². The number of carboxylic acids is 1. The van der Waals surface area contributed by atoms with Crippen molar-refractivity contribution in [2.45, 2.75) is 97.1 Å². The molecule has 0 spiro atoms. The maximum Gasteiger partial charge on any atom is 0.411 e. The van der Waals surface area contributed by atoms with E-state index in [1.807, 2.05) is 20.8 Å². The van der Waals surface area contributed by atoms with E-state index in [2.05, 4.69) is 40.5 Å². The van der Waals surface area contributed by atoms with Crippen LogP contribution in [-0.4, -0.2) is 60.4 Å². The molecule has 2 fully saturated rings. The summed E-state index contributed by atoms with van der Waals surface area (Å²) < 4.78 is 5.70. The first-order valence-corrected chi connectivity index (χ1v) is 12.2. The summed E-state index contributed by atoms with van der Waals surface area (Å²) in [6, 6.07) is 0. The van der Waals surface area contributed by atoms with Crippen LogP contribution in [0.1, 0.15) is 85.4 Å². The van der Waals surface area contributed by atoms with Gasteiger partial charge in [-0.1, -0.05) is 43.6 Å². The number of carboxylic acid groups (broad SMARTS) is 1. The van der Waals surface area contributed by atoms with Crippen molar-refractivity contribution in [2.75, 3.05) is 6.54 Å². The number of ether oxygens (including phenoxy) is 1. The molecule has 1 saturated heterocycles. The molecule has 9 nitrogen and oxygen atoms in total. The van der Waals surface area contributed by atoms with Crippen molar-refractivity contribution in [3.8, 4) is 0 Å². The number of amides is 1. The van der Waals surface area contributed by atoms with Crippen molar-refractivity contribution >= 4 is 12.1 Å². The maximum atomic E-state index is 13.3. The Bertz CT molecular complexity index is 844. The van der Waals surface area contributed by atoms with Gasteiger partial charge in [-0.2, -0.15) is 5.21 Å². The van der Waals surface area contributed by atoms with E-state index in [1.54, 1.807) is 4.90 Å². The second-order valence-electron chi connectivity index (χ2n) is 10.7. The second kappa shape index (κ2) is 10.2. The Balaban J connectivity index is 1.87. The third kappa shape index (κ3) is 5.92. The number of hydrogen-bond acceptors (Lipinski definition) is 6. The summed E-state index contributed by atoms with van der Waals surface area (Å²) in [6.45, 7) is 10.1. The normalized spacial score (nSPS) is 27.0. The van der Waals surface area contributed by atoms with Gasteiger partial charge in [-0.05, 0) is 70.6 Å². The van der Waals surface area contributed by atoms with Gasteiger partial charge in [0.15, 0.2) is 5.82 Å². The molecule has 2 N–H and O–H groups in total. The molecule has 0 bridgehead atoms. The lowest BCUT2D eigenvalue weighted by Gasteiger charge is -2.52. The van der Waals surface area contributed by atoms with Crippen LogP contribution in [0.25, 0.3) is 0 Å². The van der Waals surface area contributed by atoms with Crippen LogP contribution in [0.4, 0.5) is 4.79 Å². The first-order chi connectivity index (χ1) is 15.6. The first-order valence-electron chi connectivity index (χ1n) is 12.2. The standard InChI is InChI=1S/C24H39N5O4/c1-6-16(7-2)13-24(21(30)31)14-19-12-17(9-11-20-25-27-28-26-20)8-10-18(19)15-29(24)22(32)33-23(3,4)5/h9,16,18-19H,6-8,10-15H2,1-5H3,(H,30,31)(H,25,26,27,28)/t18-,19+,24-/m0/s1. The molecular weight excluding hydrogens is 422 g/mol. The number of aromatic amines is 1. The highest BCUT2D eigenvalue weighted by atomic mass is 16.6. The highest BCUT2D eigenvalue weighted by Gasteiger charge is 2.55. The molecule has 1 aromatic rings. The minimum absolute atomic E-state index is 0.222. The molecular formula is C24H39N5O4. The summed E-state index contributed by atoms with van der Waals surface area (Å²) in [4.78, 5) is 27.7. The Morgan fingerprint density at radius 1 is 1.30 bits per heavy atom. The first kappa shape index (κ1) is 25.2. The molecule has 1 aromatic heterocycles. The summed E-state index contributed by atoms with van der Waals surface area (Å²) in [5.74, 6) is 0.465. The van der Waals surface area contributed by atoms with Gasteiger partial charge >= 0.3 is 12.1 Å². The van der Waals surface area contributed by atoms with E-state index in [0.717, 1.165) is 32.1 Å². The van der Waals surface area contributed by atoms with Crippen LogP contribution < -0.4 is 0 Å². The molecule has 2 heterocycles. The number of likely N-dealkylation sites (tertiary alicyclic amines) is 1. The number of carbonyl (C=O) groups is 2. The fourth-order valence-electron chi connectivity index (χ4n) is 5.44. The minimum Gasteiger partial charge on any atom is -0.479 e. The quantitative estimate of drug-likeness (QED) is 0.578. The van der Waals surface area contributed by atoms with Crippen LogP contribution in [-0.2, 0) is 16.0 Å². The van der Waals surface area contributed by atoms with Crippen molar-refractivity contribution in [3.05, 3.63) is 17.5 Å². The fourth-order valence-corrected chi connectivity index (χ4v) is 5.44. The Labute approximate surface area is 196 Å². The molecule has 0 aromatic carbocycles. The number of H-pyrrole nitrogens is 1. The van der Waals surface area contributed by atoms with Crippen molar-refractivity contribution in [1.29, 1.82) is 0 Å². The molecule has 184 valence electrons. The van der Waals surface area contributed by atoms with Crippen molar-refractivity contribution in [1.82, 2.24) is 25.5 Å².